The molecule has 7 heteroatoms. The van der Waals surface area contributed by atoms with Gasteiger partial charge in [-0.3, -0.25) is 9.36 Å². The minimum absolute atomic E-state index is 0.00554. The molecule has 146 valence electrons. The first-order valence-electron chi connectivity index (χ1n) is 9.82. The predicted molar refractivity (Wildman–Crippen MR) is 99.2 cm³/mol. The number of halogens is 2. The Balaban J connectivity index is 1.38. The Labute approximate surface area is 157 Å². The van der Waals surface area contributed by atoms with E-state index in [-0.39, 0.29) is 24.3 Å². The van der Waals surface area contributed by atoms with Gasteiger partial charge in [0.05, 0.1) is 11.0 Å². The van der Waals surface area contributed by atoms with Crippen molar-refractivity contribution in [1.82, 2.24) is 14.9 Å². The Morgan fingerprint density at radius 2 is 1.96 bits per heavy atom. The van der Waals surface area contributed by atoms with Crippen LogP contribution in [0.3, 0.4) is 0 Å². The van der Waals surface area contributed by atoms with Gasteiger partial charge in [-0.1, -0.05) is 18.6 Å². The van der Waals surface area contributed by atoms with Crippen LogP contribution in [0, 0.1) is 17.8 Å². The topological polar surface area (TPSA) is 72.9 Å². The zero-order valence-electron chi connectivity index (χ0n) is 15.3. The highest BCUT2D eigenvalue weighted by Crippen LogP contribution is 2.41. The molecule has 1 amide bonds. The van der Waals surface area contributed by atoms with Gasteiger partial charge in [-0.15, -0.1) is 0 Å². The molecule has 2 unspecified atom stereocenters. The smallest absolute Gasteiger partial charge is 0.320 e. The summed E-state index contributed by atoms with van der Waals surface area (Å²) in [5, 5.41) is 2.94. The fourth-order valence-electron chi connectivity index (χ4n) is 4.93. The number of rotatable bonds is 5. The molecular formula is C20H26F2N4O. The van der Waals surface area contributed by atoms with Gasteiger partial charge < -0.3 is 11.1 Å². The van der Waals surface area contributed by atoms with E-state index in [2.05, 4.69) is 10.3 Å². The zero-order valence-corrected chi connectivity index (χ0v) is 15.3. The first-order chi connectivity index (χ1) is 13.0. The summed E-state index contributed by atoms with van der Waals surface area (Å²) in [6, 6.07) is 7.09. The number of nitrogens with one attached hydrogen (secondary N) is 1. The fraction of sp³-hybridized carbons (Fsp3) is 0.600. The maximum absolute atomic E-state index is 13.5. The minimum atomic E-state index is -2.65. The Morgan fingerprint density at radius 1 is 1.26 bits per heavy atom. The number of carbonyl (C=O) groups is 1. The molecule has 1 heterocycles. The number of imidazole rings is 1. The molecular weight excluding hydrogens is 350 g/mol. The third-order valence-corrected chi connectivity index (χ3v) is 6.30. The van der Waals surface area contributed by atoms with Crippen LogP contribution >= 0.6 is 0 Å². The summed E-state index contributed by atoms with van der Waals surface area (Å²) in [5.41, 5.74) is 7.26. The highest BCUT2D eigenvalue weighted by atomic mass is 19.3. The number of nitrogens with two attached hydrogens (primary N) is 1. The van der Waals surface area contributed by atoms with Crippen molar-refractivity contribution in [2.45, 2.75) is 51.1 Å². The van der Waals surface area contributed by atoms with Gasteiger partial charge in [0.2, 0.25) is 5.91 Å². The standard InChI is InChI=1S/C20H26F2N4O/c21-20(22)26-16-7-2-1-6-15(16)25-17(26)8-9-24-19(27)14-10-12-4-3-5-13(11-14)18(12)23/h1-2,6-7,12-14,18,20H,3-5,8-11,23H2,(H,24,27). The molecule has 0 aliphatic heterocycles. The van der Waals surface area contributed by atoms with Crippen molar-refractivity contribution in [2.24, 2.45) is 23.5 Å². The Kier molecular flexibility index (Phi) is 5.12. The van der Waals surface area contributed by atoms with Gasteiger partial charge >= 0.3 is 6.55 Å². The monoisotopic (exact) mass is 376 g/mol. The van der Waals surface area contributed by atoms with Crippen LogP contribution in [-0.4, -0.2) is 28.0 Å². The van der Waals surface area contributed by atoms with E-state index in [0.717, 1.165) is 30.3 Å². The molecule has 2 fully saturated rings. The molecule has 1 aromatic carbocycles. The minimum Gasteiger partial charge on any atom is -0.355 e. The maximum Gasteiger partial charge on any atom is 0.320 e. The van der Waals surface area contributed by atoms with Crippen molar-refractivity contribution in [1.29, 1.82) is 0 Å². The molecule has 5 nitrogen and oxygen atoms in total. The van der Waals surface area contributed by atoms with Crippen LogP contribution in [0.4, 0.5) is 8.78 Å². The number of hydrogen-bond acceptors (Lipinski definition) is 3. The predicted octanol–water partition coefficient (Wildman–Crippen LogP) is 3.24. The van der Waals surface area contributed by atoms with Gasteiger partial charge in [-0.25, -0.2) is 4.98 Å². The molecule has 0 radical (unpaired) electrons. The average molecular weight is 376 g/mol. The molecule has 0 spiro atoms. The van der Waals surface area contributed by atoms with Crippen molar-refractivity contribution in [3.8, 4) is 0 Å². The summed E-state index contributed by atoms with van der Waals surface area (Å²) in [6.45, 7) is -2.34. The number of fused-ring (bicyclic) bond motifs is 3. The molecule has 27 heavy (non-hydrogen) atoms. The summed E-state index contributed by atoms with van der Waals surface area (Å²) in [4.78, 5) is 16.9. The second-order valence-electron chi connectivity index (χ2n) is 7.90. The van der Waals surface area contributed by atoms with E-state index >= 15 is 0 Å². The molecule has 2 atom stereocenters. The number of hydrogen-bond donors (Lipinski definition) is 2. The van der Waals surface area contributed by atoms with Crippen LogP contribution in [0.1, 0.15) is 44.5 Å². The first kappa shape index (κ1) is 18.3. The van der Waals surface area contributed by atoms with E-state index in [1.807, 2.05) is 0 Å². The Bertz CT molecular complexity index is 807. The highest BCUT2D eigenvalue weighted by molar-refractivity contribution is 5.79. The van der Waals surface area contributed by atoms with E-state index in [0.29, 0.717) is 35.2 Å². The van der Waals surface area contributed by atoms with Gasteiger partial charge in [-0.05, 0) is 49.7 Å². The maximum atomic E-state index is 13.5. The summed E-state index contributed by atoms with van der Waals surface area (Å²) in [5.74, 6) is 1.20. The number of carbonyl (C=O) groups excluding carboxylic acids is 1. The summed E-state index contributed by atoms with van der Waals surface area (Å²) in [7, 11) is 0. The van der Waals surface area contributed by atoms with E-state index < -0.39 is 6.55 Å². The lowest BCUT2D eigenvalue weighted by Crippen LogP contribution is -2.49. The van der Waals surface area contributed by atoms with Crippen molar-refractivity contribution >= 4 is 16.9 Å². The number of para-hydroxylation sites is 2. The fourth-order valence-corrected chi connectivity index (χ4v) is 4.93. The van der Waals surface area contributed by atoms with Crippen LogP contribution in [0.25, 0.3) is 11.0 Å². The van der Waals surface area contributed by atoms with Gasteiger partial charge in [-0.2, -0.15) is 8.78 Å². The molecule has 1 aromatic heterocycles. The van der Waals surface area contributed by atoms with Gasteiger partial charge in [0.25, 0.3) is 0 Å². The number of nitrogens with zero attached hydrogens (tertiary/aromatic N) is 2. The number of benzene rings is 1. The molecule has 2 saturated carbocycles. The second-order valence-corrected chi connectivity index (χ2v) is 7.90. The SMILES string of the molecule is NC1C2CCCC1CC(C(=O)NCCc1nc3ccccc3n1C(F)F)C2. The molecule has 3 N–H and O–H groups in total. The summed E-state index contributed by atoms with van der Waals surface area (Å²) < 4.78 is 27.9. The third-order valence-electron chi connectivity index (χ3n) is 6.30. The number of aromatic nitrogens is 2. The Hall–Kier alpha value is -2.02. The van der Waals surface area contributed by atoms with Gasteiger partial charge in [0.1, 0.15) is 5.82 Å². The lowest BCUT2D eigenvalue weighted by atomic mass is 9.65. The highest BCUT2D eigenvalue weighted by Gasteiger charge is 2.40. The molecule has 2 aliphatic carbocycles. The van der Waals surface area contributed by atoms with Crippen LogP contribution < -0.4 is 11.1 Å². The zero-order chi connectivity index (χ0) is 19.0. The molecule has 4 rings (SSSR count). The van der Waals surface area contributed by atoms with E-state index in [4.69, 9.17) is 5.73 Å². The van der Waals surface area contributed by atoms with Crippen molar-refractivity contribution in [3.05, 3.63) is 30.1 Å². The second kappa shape index (κ2) is 7.54. The number of alkyl halides is 2. The lowest BCUT2D eigenvalue weighted by molar-refractivity contribution is -0.127. The van der Waals surface area contributed by atoms with Crippen LogP contribution in [0.2, 0.25) is 0 Å². The molecule has 0 saturated heterocycles. The molecule has 2 aromatic rings. The quantitative estimate of drug-likeness (QED) is 0.841. The van der Waals surface area contributed by atoms with E-state index in [1.165, 1.54) is 6.42 Å². The van der Waals surface area contributed by atoms with Crippen molar-refractivity contribution in [3.63, 3.8) is 0 Å². The average Bonchev–Trinajstić information content (AvgIpc) is 2.99. The number of amides is 1. The first-order valence-corrected chi connectivity index (χ1v) is 9.82. The lowest BCUT2D eigenvalue weighted by Gasteiger charge is -2.43. The van der Waals surface area contributed by atoms with E-state index in [9.17, 15) is 13.6 Å². The Morgan fingerprint density at radius 3 is 2.67 bits per heavy atom. The largest absolute Gasteiger partial charge is 0.355 e. The molecule has 2 bridgehead atoms. The van der Waals surface area contributed by atoms with Crippen LogP contribution in [-0.2, 0) is 11.2 Å². The van der Waals surface area contributed by atoms with Crippen LogP contribution in [0.5, 0.6) is 0 Å². The summed E-state index contributed by atoms with van der Waals surface area (Å²) >= 11 is 0. The van der Waals surface area contributed by atoms with E-state index in [1.54, 1.807) is 24.3 Å². The van der Waals surface area contributed by atoms with Gasteiger partial charge in [0, 0.05) is 24.9 Å². The van der Waals surface area contributed by atoms with Crippen molar-refractivity contribution < 1.29 is 13.6 Å². The normalized spacial score (nSPS) is 27.9. The van der Waals surface area contributed by atoms with Crippen molar-refractivity contribution in [2.75, 3.05) is 6.54 Å². The molecule has 2 aliphatic rings. The third kappa shape index (κ3) is 3.57. The summed E-state index contributed by atoms with van der Waals surface area (Å²) in [6.07, 6.45) is 5.41. The van der Waals surface area contributed by atoms with Gasteiger partial charge in [0.15, 0.2) is 0 Å². The van der Waals surface area contributed by atoms with Crippen LogP contribution in [0.15, 0.2) is 24.3 Å².